The summed E-state index contributed by atoms with van der Waals surface area (Å²) in [5, 5.41) is 5.45. The van der Waals surface area contributed by atoms with Crippen molar-refractivity contribution in [3.63, 3.8) is 0 Å². The first-order chi connectivity index (χ1) is 13.1. The van der Waals surface area contributed by atoms with Gasteiger partial charge in [-0.2, -0.15) is 0 Å². The van der Waals surface area contributed by atoms with Crippen LogP contribution in [0.25, 0.3) is 0 Å². The van der Waals surface area contributed by atoms with Crippen LogP contribution < -0.4 is 15.4 Å². The van der Waals surface area contributed by atoms with Gasteiger partial charge in [0.2, 0.25) is 5.78 Å². The van der Waals surface area contributed by atoms with Gasteiger partial charge in [0, 0.05) is 5.56 Å². The van der Waals surface area contributed by atoms with E-state index in [0.29, 0.717) is 17.0 Å². The molecule has 6 nitrogen and oxygen atoms in total. The van der Waals surface area contributed by atoms with Crippen molar-refractivity contribution in [2.75, 3.05) is 11.9 Å². The molecule has 0 bridgehead atoms. The monoisotopic (exact) mass is 380 g/mol. The summed E-state index contributed by atoms with van der Waals surface area (Å²) >= 11 is 0. The Balaban J connectivity index is 1.69. The van der Waals surface area contributed by atoms with Crippen LogP contribution in [0.2, 0.25) is 0 Å². The highest BCUT2D eigenvalue weighted by molar-refractivity contribution is 6.42. The SMILES string of the molecule is CC(NC(=O)C(=O)c1ccc(C(C)(C)C)cc1)c1ccc2c(c1)NC(=O)CO2. The van der Waals surface area contributed by atoms with Gasteiger partial charge in [-0.05, 0) is 35.6 Å². The molecule has 0 saturated carbocycles. The van der Waals surface area contributed by atoms with E-state index in [4.69, 9.17) is 4.74 Å². The summed E-state index contributed by atoms with van der Waals surface area (Å²) in [6, 6.07) is 12.0. The van der Waals surface area contributed by atoms with Crippen LogP contribution in [0.3, 0.4) is 0 Å². The molecule has 0 aromatic heterocycles. The van der Waals surface area contributed by atoms with Crippen LogP contribution >= 0.6 is 0 Å². The molecule has 146 valence electrons. The minimum atomic E-state index is -0.672. The molecule has 3 rings (SSSR count). The Bertz CT molecular complexity index is 927. The van der Waals surface area contributed by atoms with Gasteiger partial charge in [0.05, 0.1) is 11.7 Å². The second kappa shape index (κ2) is 7.46. The van der Waals surface area contributed by atoms with Crippen LogP contribution in [0, 0.1) is 0 Å². The highest BCUT2D eigenvalue weighted by Gasteiger charge is 2.22. The van der Waals surface area contributed by atoms with E-state index < -0.39 is 17.7 Å². The first-order valence-electron chi connectivity index (χ1n) is 9.17. The van der Waals surface area contributed by atoms with Crippen molar-refractivity contribution >= 4 is 23.3 Å². The number of hydrogen-bond acceptors (Lipinski definition) is 4. The highest BCUT2D eigenvalue weighted by atomic mass is 16.5. The van der Waals surface area contributed by atoms with Gasteiger partial charge < -0.3 is 15.4 Å². The van der Waals surface area contributed by atoms with Gasteiger partial charge in [0.25, 0.3) is 11.8 Å². The van der Waals surface area contributed by atoms with Crippen molar-refractivity contribution < 1.29 is 19.1 Å². The number of carbonyl (C=O) groups is 3. The third-order valence-electron chi connectivity index (χ3n) is 4.70. The fourth-order valence-electron chi connectivity index (χ4n) is 2.97. The number of hydrogen-bond donors (Lipinski definition) is 2. The largest absolute Gasteiger partial charge is 0.482 e. The molecule has 0 radical (unpaired) electrons. The van der Waals surface area contributed by atoms with Crippen LogP contribution in [0.5, 0.6) is 5.75 Å². The standard InChI is InChI=1S/C22H24N2O4/c1-13(15-7-10-18-17(11-15)24-19(25)12-28-18)23-21(27)20(26)14-5-8-16(9-6-14)22(2,3)4/h5-11,13H,12H2,1-4H3,(H,23,27)(H,24,25). The van der Waals surface area contributed by atoms with E-state index in [-0.39, 0.29) is 17.9 Å². The number of ether oxygens (including phenoxy) is 1. The quantitative estimate of drug-likeness (QED) is 0.629. The van der Waals surface area contributed by atoms with Gasteiger partial charge in [-0.25, -0.2) is 0 Å². The number of ketones is 1. The number of rotatable bonds is 4. The Labute approximate surface area is 164 Å². The average molecular weight is 380 g/mol. The van der Waals surface area contributed by atoms with E-state index in [1.807, 2.05) is 12.1 Å². The van der Waals surface area contributed by atoms with Crippen LogP contribution in [0.4, 0.5) is 5.69 Å². The van der Waals surface area contributed by atoms with E-state index >= 15 is 0 Å². The van der Waals surface area contributed by atoms with Crippen molar-refractivity contribution in [1.82, 2.24) is 5.32 Å². The fourth-order valence-corrected chi connectivity index (χ4v) is 2.97. The molecular weight excluding hydrogens is 356 g/mol. The summed E-state index contributed by atoms with van der Waals surface area (Å²) in [6.07, 6.45) is 0. The van der Waals surface area contributed by atoms with Crippen molar-refractivity contribution in [3.05, 3.63) is 59.2 Å². The molecule has 0 saturated heterocycles. The Morgan fingerprint density at radius 2 is 1.79 bits per heavy atom. The lowest BCUT2D eigenvalue weighted by molar-refractivity contribution is -0.119. The lowest BCUT2D eigenvalue weighted by atomic mass is 9.86. The summed E-state index contributed by atoms with van der Waals surface area (Å²) < 4.78 is 5.33. The fraction of sp³-hybridized carbons (Fsp3) is 0.318. The van der Waals surface area contributed by atoms with Crippen molar-refractivity contribution in [3.8, 4) is 5.75 Å². The maximum atomic E-state index is 12.5. The van der Waals surface area contributed by atoms with Gasteiger partial charge in [0.1, 0.15) is 5.75 Å². The van der Waals surface area contributed by atoms with Gasteiger partial charge in [-0.3, -0.25) is 14.4 Å². The maximum Gasteiger partial charge on any atom is 0.292 e. The third-order valence-corrected chi connectivity index (χ3v) is 4.70. The predicted molar refractivity (Wildman–Crippen MR) is 107 cm³/mol. The summed E-state index contributed by atoms with van der Waals surface area (Å²) in [6.45, 7) is 8.03. The van der Waals surface area contributed by atoms with E-state index in [1.165, 1.54) is 0 Å². The predicted octanol–water partition coefficient (Wildman–Crippen LogP) is 3.38. The number of Topliss-reactive ketones (excluding diaryl/α,β-unsaturated/α-hetero) is 1. The molecule has 2 aromatic carbocycles. The van der Waals surface area contributed by atoms with Crippen molar-refractivity contribution in [2.24, 2.45) is 0 Å². The molecule has 1 atom stereocenters. The van der Waals surface area contributed by atoms with Crippen LogP contribution in [-0.2, 0) is 15.0 Å². The van der Waals surface area contributed by atoms with Crippen molar-refractivity contribution in [2.45, 2.75) is 39.2 Å². The normalized spacial score (nSPS) is 14.4. The molecule has 1 aliphatic heterocycles. The maximum absolute atomic E-state index is 12.5. The number of carbonyl (C=O) groups excluding carboxylic acids is 3. The molecule has 0 spiro atoms. The molecule has 6 heteroatoms. The lowest BCUT2D eigenvalue weighted by Gasteiger charge is -2.21. The topological polar surface area (TPSA) is 84.5 Å². The molecule has 28 heavy (non-hydrogen) atoms. The summed E-state index contributed by atoms with van der Waals surface area (Å²) in [5.74, 6) is -0.900. The van der Waals surface area contributed by atoms with Crippen molar-refractivity contribution in [1.29, 1.82) is 0 Å². The minimum absolute atomic E-state index is 0.0128. The number of amides is 2. The first-order valence-corrected chi connectivity index (χ1v) is 9.17. The number of anilines is 1. The molecule has 1 aliphatic rings. The van der Waals surface area contributed by atoms with Crippen LogP contribution in [0.15, 0.2) is 42.5 Å². The zero-order valence-electron chi connectivity index (χ0n) is 16.5. The highest BCUT2D eigenvalue weighted by Crippen LogP contribution is 2.30. The van der Waals surface area contributed by atoms with E-state index in [0.717, 1.165) is 11.1 Å². The van der Waals surface area contributed by atoms with Gasteiger partial charge in [-0.1, -0.05) is 51.1 Å². The molecule has 1 unspecified atom stereocenters. The van der Waals surface area contributed by atoms with Crippen LogP contribution in [-0.4, -0.2) is 24.2 Å². The van der Waals surface area contributed by atoms with E-state index in [2.05, 4.69) is 31.4 Å². The summed E-state index contributed by atoms with van der Waals surface area (Å²) in [7, 11) is 0. The molecule has 1 heterocycles. The van der Waals surface area contributed by atoms with Gasteiger partial charge in [-0.15, -0.1) is 0 Å². The summed E-state index contributed by atoms with van der Waals surface area (Å²) in [4.78, 5) is 36.3. The zero-order valence-corrected chi connectivity index (χ0v) is 16.5. The minimum Gasteiger partial charge on any atom is -0.482 e. The van der Waals surface area contributed by atoms with E-state index in [9.17, 15) is 14.4 Å². The smallest absolute Gasteiger partial charge is 0.292 e. The van der Waals surface area contributed by atoms with E-state index in [1.54, 1.807) is 37.3 Å². The number of fused-ring (bicyclic) bond motifs is 1. The second-order valence-electron chi connectivity index (χ2n) is 7.94. The third kappa shape index (κ3) is 4.22. The van der Waals surface area contributed by atoms with Gasteiger partial charge >= 0.3 is 0 Å². The Kier molecular flexibility index (Phi) is 5.23. The number of nitrogens with one attached hydrogen (secondary N) is 2. The molecule has 2 aromatic rings. The molecule has 2 N–H and O–H groups in total. The molecular formula is C22H24N2O4. The Morgan fingerprint density at radius 1 is 1.11 bits per heavy atom. The first kappa shape index (κ1) is 19.6. The van der Waals surface area contributed by atoms with Crippen LogP contribution in [0.1, 0.15) is 55.2 Å². The molecule has 0 aliphatic carbocycles. The lowest BCUT2D eigenvalue weighted by Crippen LogP contribution is -2.33. The summed E-state index contributed by atoms with van der Waals surface area (Å²) in [5.41, 5.74) is 2.73. The number of benzene rings is 2. The van der Waals surface area contributed by atoms with Gasteiger partial charge in [0.15, 0.2) is 6.61 Å². The Morgan fingerprint density at radius 3 is 2.43 bits per heavy atom. The Hall–Kier alpha value is -3.15. The zero-order chi connectivity index (χ0) is 20.5. The molecule has 2 amide bonds. The average Bonchev–Trinajstić information content (AvgIpc) is 2.66. The second-order valence-corrected chi connectivity index (χ2v) is 7.94. The molecule has 0 fully saturated rings.